The van der Waals surface area contributed by atoms with Gasteiger partial charge in [0.2, 0.25) is 0 Å². The van der Waals surface area contributed by atoms with E-state index in [1.54, 1.807) is 0 Å². The van der Waals surface area contributed by atoms with Crippen molar-refractivity contribution in [2.45, 2.75) is 27.2 Å². The Bertz CT molecular complexity index is 2860. The Morgan fingerprint density at radius 3 is 1.26 bits per heavy atom. The van der Waals surface area contributed by atoms with Gasteiger partial charge in [-0.15, -0.1) is 0 Å². The fraction of sp³-hybridized carbons (Fsp3) is 0.0714. The third-order valence-electron chi connectivity index (χ3n) is 11.2. The van der Waals surface area contributed by atoms with Crippen LogP contribution in [0.4, 0.5) is 0 Å². The van der Waals surface area contributed by atoms with Crippen LogP contribution in [0.5, 0.6) is 0 Å². The van der Waals surface area contributed by atoms with E-state index in [2.05, 4.69) is 197 Å². The Kier molecular flexibility index (Phi) is 10.1. The van der Waals surface area contributed by atoms with E-state index in [1.165, 1.54) is 83.5 Å². The van der Waals surface area contributed by atoms with Gasteiger partial charge in [0.25, 0.3) is 0 Å². The molecule has 0 aliphatic rings. The molecule has 7 aromatic carbocycles. The summed E-state index contributed by atoms with van der Waals surface area (Å²) in [6, 6.07) is 67.6. The van der Waals surface area contributed by atoms with Crippen LogP contribution in [0.1, 0.15) is 27.8 Å². The first kappa shape index (κ1) is 36.5. The summed E-state index contributed by atoms with van der Waals surface area (Å²) in [4.78, 5) is 9.72. The van der Waals surface area contributed by atoms with Gasteiger partial charge in [0.05, 0.1) is 11.4 Å². The van der Waals surface area contributed by atoms with E-state index in [9.17, 15) is 0 Å². The van der Waals surface area contributed by atoms with E-state index < -0.39 is 0 Å². The van der Waals surface area contributed by atoms with Crippen LogP contribution in [0.2, 0.25) is 0 Å². The molecule has 278 valence electrons. The Hall–Kier alpha value is -7.16. The maximum atomic E-state index is 4.86. The fourth-order valence-corrected chi connectivity index (χ4v) is 8.19. The van der Waals surface area contributed by atoms with Crippen LogP contribution in [0.25, 0.3) is 78.1 Å². The summed E-state index contributed by atoms with van der Waals surface area (Å²) in [5.41, 5.74) is 22.5. The average Bonchev–Trinajstić information content (AvgIpc) is 3.27. The first-order chi connectivity index (χ1) is 28.5. The standard InChI is InChI=1S/C56H44N2/c1-38-30-41(34-48-18-10-11-19-50(48)44-22-26-46(27-23-44)55-32-39(2)53(36-57-55)42-14-6-4-7-15-42)35-49(31-38)52-21-13-12-20-51(52)45-24-28-47(29-25-45)56-33-40(3)54(37-58-56)43-16-8-5-9-17-43/h4-33,35-37H,34H2,1-3H3. The molecule has 0 bridgehead atoms. The monoisotopic (exact) mass is 744 g/mol. The van der Waals surface area contributed by atoms with E-state index in [0.717, 1.165) is 28.9 Å². The molecule has 9 aromatic rings. The highest BCUT2D eigenvalue weighted by Gasteiger charge is 2.13. The van der Waals surface area contributed by atoms with Crippen molar-refractivity contribution in [2.24, 2.45) is 0 Å². The molecule has 0 aliphatic heterocycles. The van der Waals surface area contributed by atoms with E-state index in [0.29, 0.717) is 0 Å². The van der Waals surface area contributed by atoms with Gasteiger partial charge >= 0.3 is 0 Å². The minimum atomic E-state index is 0.834. The van der Waals surface area contributed by atoms with Gasteiger partial charge in [0.15, 0.2) is 0 Å². The first-order valence-electron chi connectivity index (χ1n) is 20.0. The van der Waals surface area contributed by atoms with Crippen LogP contribution in [-0.4, -0.2) is 9.97 Å². The number of rotatable bonds is 9. The van der Waals surface area contributed by atoms with Gasteiger partial charge in [-0.2, -0.15) is 0 Å². The summed E-state index contributed by atoms with van der Waals surface area (Å²) < 4.78 is 0. The number of hydrogen-bond donors (Lipinski definition) is 0. The lowest BCUT2D eigenvalue weighted by Gasteiger charge is -2.15. The first-order valence-corrected chi connectivity index (χ1v) is 20.0. The van der Waals surface area contributed by atoms with Gasteiger partial charge in [-0.05, 0) is 106 Å². The molecule has 9 rings (SSSR count). The van der Waals surface area contributed by atoms with Gasteiger partial charge in [-0.3, -0.25) is 9.97 Å². The van der Waals surface area contributed by atoms with Gasteiger partial charge in [-0.25, -0.2) is 0 Å². The predicted molar refractivity (Wildman–Crippen MR) is 244 cm³/mol. The van der Waals surface area contributed by atoms with Crippen molar-refractivity contribution >= 4 is 0 Å². The number of aromatic nitrogens is 2. The largest absolute Gasteiger partial charge is 0.256 e. The number of aryl methyl sites for hydroxylation is 3. The van der Waals surface area contributed by atoms with Crippen LogP contribution >= 0.6 is 0 Å². The lowest BCUT2D eigenvalue weighted by atomic mass is 9.89. The molecule has 58 heavy (non-hydrogen) atoms. The predicted octanol–water partition coefficient (Wildman–Crippen LogP) is 14.7. The molecule has 0 fully saturated rings. The zero-order valence-corrected chi connectivity index (χ0v) is 33.2. The van der Waals surface area contributed by atoms with Crippen LogP contribution < -0.4 is 0 Å². The highest BCUT2D eigenvalue weighted by Crippen LogP contribution is 2.36. The molecule has 2 nitrogen and oxygen atoms in total. The molecule has 2 heterocycles. The third-order valence-corrected chi connectivity index (χ3v) is 11.2. The fourth-order valence-electron chi connectivity index (χ4n) is 8.19. The summed E-state index contributed by atoms with van der Waals surface area (Å²) >= 11 is 0. The minimum absolute atomic E-state index is 0.834. The molecule has 0 radical (unpaired) electrons. The summed E-state index contributed by atoms with van der Waals surface area (Å²) in [5.74, 6) is 0. The smallest absolute Gasteiger partial charge is 0.0705 e. The Morgan fingerprint density at radius 1 is 0.328 bits per heavy atom. The van der Waals surface area contributed by atoms with Crippen molar-refractivity contribution in [2.75, 3.05) is 0 Å². The summed E-state index contributed by atoms with van der Waals surface area (Å²) in [6.07, 6.45) is 4.83. The number of pyridine rings is 2. The van der Waals surface area contributed by atoms with Crippen LogP contribution in [0.3, 0.4) is 0 Å². The number of nitrogens with zero attached hydrogens (tertiary/aromatic N) is 2. The Labute approximate surface area is 342 Å². The molecule has 2 aromatic heterocycles. The Morgan fingerprint density at radius 2 is 0.741 bits per heavy atom. The van der Waals surface area contributed by atoms with Crippen molar-refractivity contribution in [3.8, 4) is 78.1 Å². The molecular weight excluding hydrogens is 701 g/mol. The van der Waals surface area contributed by atoms with E-state index in [1.807, 2.05) is 24.5 Å². The molecule has 0 unspecified atom stereocenters. The van der Waals surface area contributed by atoms with Crippen molar-refractivity contribution in [1.82, 2.24) is 9.97 Å². The minimum Gasteiger partial charge on any atom is -0.256 e. The van der Waals surface area contributed by atoms with Crippen molar-refractivity contribution in [3.63, 3.8) is 0 Å². The second kappa shape index (κ2) is 16.1. The van der Waals surface area contributed by atoms with Crippen molar-refractivity contribution < 1.29 is 0 Å². The maximum absolute atomic E-state index is 4.86. The second-order valence-electron chi connectivity index (χ2n) is 15.2. The SMILES string of the molecule is Cc1cc(Cc2ccccc2-c2ccc(-c3cc(C)c(-c4ccccc4)cn3)cc2)cc(-c2ccccc2-c2ccc(-c3cc(C)c(-c4ccccc4)cn3)cc2)c1. The third kappa shape index (κ3) is 7.65. The quantitative estimate of drug-likeness (QED) is 0.147. The number of benzene rings is 7. The highest BCUT2D eigenvalue weighted by atomic mass is 14.7. The molecule has 0 amide bonds. The molecule has 0 saturated heterocycles. The molecule has 0 aliphatic carbocycles. The summed E-state index contributed by atoms with van der Waals surface area (Å²) in [6.45, 7) is 6.53. The van der Waals surface area contributed by atoms with Gasteiger partial charge in [0.1, 0.15) is 0 Å². The lowest BCUT2D eigenvalue weighted by Crippen LogP contribution is -1.95. The highest BCUT2D eigenvalue weighted by molar-refractivity contribution is 5.85. The summed E-state index contributed by atoms with van der Waals surface area (Å²) in [5, 5.41) is 0. The molecule has 0 N–H and O–H groups in total. The molecule has 2 heteroatoms. The van der Waals surface area contributed by atoms with Gasteiger partial charge < -0.3 is 0 Å². The normalized spacial score (nSPS) is 11.1. The topological polar surface area (TPSA) is 25.8 Å². The zero-order chi connectivity index (χ0) is 39.4. The van der Waals surface area contributed by atoms with Gasteiger partial charge in [-0.1, -0.05) is 181 Å². The van der Waals surface area contributed by atoms with Crippen LogP contribution in [0, 0.1) is 20.8 Å². The van der Waals surface area contributed by atoms with E-state index in [-0.39, 0.29) is 0 Å². The maximum Gasteiger partial charge on any atom is 0.0705 e. The molecule has 0 spiro atoms. The number of hydrogen-bond acceptors (Lipinski definition) is 2. The van der Waals surface area contributed by atoms with E-state index >= 15 is 0 Å². The molecule has 0 saturated carbocycles. The van der Waals surface area contributed by atoms with Crippen LogP contribution in [0.15, 0.2) is 200 Å². The van der Waals surface area contributed by atoms with Crippen LogP contribution in [-0.2, 0) is 6.42 Å². The van der Waals surface area contributed by atoms with Crippen molar-refractivity contribution in [1.29, 1.82) is 0 Å². The molecular formula is C56H44N2. The average molecular weight is 745 g/mol. The van der Waals surface area contributed by atoms with E-state index in [4.69, 9.17) is 9.97 Å². The van der Waals surface area contributed by atoms with Crippen molar-refractivity contribution in [3.05, 3.63) is 228 Å². The summed E-state index contributed by atoms with van der Waals surface area (Å²) in [7, 11) is 0. The Balaban J connectivity index is 0.960. The second-order valence-corrected chi connectivity index (χ2v) is 15.2. The molecule has 0 atom stereocenters. The zero-order valence-electron chi connectivity index (χ0n) is 33.2. The lowest BCUT2D eigenvalue weighted by molar-refractivity contribution is 1.18. The van der Waals surface area contributed by atoms with Gasteiger partial charge in [0, 0.05) is 34.6 Å².